The van der Waals surface area contributed by atoms with Crippen LogP contribution in [-0.2, 0) is 19.6 Å². The van der Waals surface area contributed by atoms with Crippen molar-refractivity contribution in [2.45, 2.75) is 25.2 Å². The number of carbonyl (C=O) groups excluding carboxylic acids is 1. The number of carbonyl (C=O) groups is 1. The molecule has 1 rings (SSSR count). The molecule has 0 saturated carbocycles. The molecule has 8 heteroatoms. The van der Waals surface area contributed by atoms with Gasteiger partial charge in [0.05, 0.1) is 11.5 Å². The smallest absolute Gasteiger partial charge is 0.321 e. The standard InChI is InChI=1S/C12H17ClN2O4S/c1-3-7-15(9-12(16)19-4-2)20(17,18)10-5-6-14-11(13)8-10/h5-6,8H,3-4,7,9H2,1-2H3. The van der Waals surface area contributed by atoms with E-state index in [0.717, 1.165) is 4.31 Å². The van der Waals surface area contributed by atoms with Crippen molar-refractivity contribution in [1.82, 2.24) is 9.29 Å². The fraction of sp³-hybridized carbons (Fsp3) is 0.500. The maximum Gasteiger partial charge on any atom is 0.321 e. The zero-order valence-electron chi connectivity index (χ0n) is 11.4. The minimum absolute atomic E-state index is 0.00949. The number of aromatic nitrogens is 1. The zero-order chi connectivity index (χ0) is 15.2. The molecule has 112 valence electrons. The van der Waals surface area contributed by atoms with Crippen molar-refractivity contribution in [2.24, 2.45) is 0 Å². The van der Waals surface area contributed by atoms with Gasteiger partial charge in [-0.15, -0.1) is 0 Å². The number of sulfonamides is 1. The van der Waals surface area contributed by atoms with E-state index in [1.807, 2.05) is 6.92 Å². The van der Waals surface area contributed by atoms with Gasteiger partial charge in [0.25, 0.3) is 0 Å². The molecule has 0 atom stereocenters. The Morgan fingerprint density at radius 1 is 1.45 bits per heavy atom. The van der Waals surface area contributed by atoms with E-state index in [1.54, 1.807) is 6.92 Å². The fourth-order valence-corrected chi connectivity index (χ4v) is 3.31. The summed E-state index contributed by atoms with van der Waals surface area (Å²) in [6.07, 6.45) is 1.89. The van der Waals surface area contributed by atoms with Crippen LogP contribution in [0.5, 0.6) is 0 Å². The molecular weight excluding hydrogens is 304 g/mol. The molecule has 20 heavy (non-hydrogen) atoms. The second kappa shape index (κ2) is 7.56. The summed E-state index contributed by atoms with van der Waals surface area (Å²) in [6.45, 7) is 3.61. The van der Waals surface area contributed by atoms with Gasteiger partial charge in [0.2, 0.25) is 10.0 Å². The molecule has 0 fully saturated rings. The van der Waals surface area contributed by atoms with E-state index in [-0.39, 0.29) is 29.7 Å². The van der Waals surface area contributed by atoms with Crippen LogP contribution in [0.3, 0.4) is 0 Å². The average molecular weight is 321 g/mol. The summed E-state index contributed by atoms with van der Waals surface area (Å²) in [5.41, 5.74) is 0. The predicted molar refractivity (Wildman–Crippen MR) is 74.9 cm³/mol. The summed E-state index contributed by atoms with van der Waals surface area (Å²) in [5, 5.41) is 0.0821. The molecule has 0 aromatic carbocycles. The lowest BCUT2D eigenvalue weighted by atomic mass is 10.5. The largest absolute Gasteiger partial charge is 0.465 e. The Morgan fingerprint density at radius 3 is 2.70 bits per heavy atom. The maximum absolute atomic E-state index is 12.4. The van der Waals surface area contributed by atoms with Crippen LogP contribution in [0.2, 0.25) is 5.15 Å². The van der Waals surface area contributed by atoms with Gasteiger partial charge in [-0.1, -0.05) is 18.5 Å². The topological polar surface area (TPSA) is 76.6 Å². The summed E-state index contributed by atoms with van der Waals surface area (Å²) in [6, 6.07) is 2.60. The normalized spacial score (nSPS) is 11.6. The predicted octanol–water partition coefficient (Wildman–Crippen LogP) is 1.70. The Bertz CT molecular complexity index is 562. The average Bonchev–Trinajstić information content (AvgIpc) is 2.38. The van der Waals surface area contributed by atoms with E-state index in [4.69, 9.17) is 16.3 Å². The second-order valence-corrected chi connectivity index (χ2v) is 6.28. The second-order valence-electron chi connectivity index (χ2n) is 3.96. The Labute approximate surface area is 123 Å². The monoisotopic (exact) mass is 320 g/mol. The quantitative estimate of drug-likeness (QED) is 0.564. The number of hydrogen-bond donors (Lipinski definition) is 0. The van der Waals surface area contributed by atoms with Crippen molar-refractivity contribution in [3.05, 3.63) is 23.5 Å². The van der Waals surface area contributed by atoms with Crippen LogP contribution in [0.4, 0.5) is 0 Å². The number of hydrogen-bond acceptors (Lipinski definition) is 5. The molecule has 1 heterocycles. The number of ether oxygens (including phenoxy) is 1. The van der Waals surface area contributed by atoms with Crippen LogP contribution in [0.25, 0.3) is 0 Å². The molecule has 0 N–H and O–H groups in total. The highest BCUT2D eigenvalue weighted by molar-refractivity contribution is 7.89. The Morgan fingerprint density at radius 2 is 2.15 bits per heavy atom. The van der Waals surface area contributed by atoms with Crippen LogP contribution in [-0.4, -0.2) is 43.4 Å². The van der Waals surface area contributed by atoms with Crippen molar-refractivity contribution < 1.29 is 17.9 Å². The zero-order valence-corrected chi connectivity index (χ0v) is 12.9. The molecule has 1 aromatic rings. The van der Waals surface area contributed by atoms with Crippen LogP contribution < -0.4 is 0 Å². The molecular formula is C12H17ClN2O4S. The molecule has 0 bridgehead atoms. The third-order valence-corrected chi connectivity index (χ3v) is 4.47. The van der Waals surface area contributed by atoms with Crippen molar-refractivity contribution in [1.29, 1.82) is 0 Å². The minimum Gasteiger partial charge on any atom is -0.465 e. The first-order valence-corrected chi connectivity index (χ1v) is 8.01. The van der Waals surface area contributed by atoms with Gasteiger partial charge in [0, 0.05) is 12.7 Å². The van der Waals surface area contributed by atoms with Gasteiger partial charge in [-0.05, 0) is 25.5 Å². The third-order valence-electron chi connectivity index (χ3n) is 2.42. The SMILES string of the molecule is CCCN(CC(=O)OCC)S(=O)(=O)c1ccnc(Cl)c1. The van der Waals surface area contributed by atoms with Crippen LogP contribution in [0, 0.1) is 0 Å². The summed E-state index contributed by atoms with van der Waals surface area (Å²) < 4.78 is 30.8. The number of nitrogens with zero attached hydrogens (tertiary/aromatic N) is 2. The molecule has 0 aliphatic heterocycles. The third kappa shape index (κ3) is 4.43. The highest BCUT2D eigenvalue weighted by Gasteiger charge is 2.26. The van der Waals surface area contributed by atoms with Crippen molar-refractivity contribution in [3.8, 4) is 0 Å². The Hall–Kier alpha value is -1.18. The van der Waals surface area contributed by atoms with E-state index in [0.29, 0.717) is 6.42 Å². The molecule has 0 aliphatic carbocycles. The summed E-state index contributed by atoms with van der Waals surface area (Å²) in [5.74, 6) is -0.579. The van der Waals surface area contributed by atoms with Crippen LogP contribution >= 0.6 is 11.6 Å². The molecule has 0 aliphatic rings. The van der Waals surface area contributed by atoms with Gasteiger partial charge in [-0.3, -0.25) is 4.79 Å². The van der Waals surface area contributed by atoms with Gasteiger partial charge >= 0.3 is 5.97 Å². The summed E-state index contributed by atoms with van der Waals surface area (Å²) in [4.78, 5) is 15.3. The number of rotatable bonds is 7. The molecule has 0 amide bonds. The number of esters is 1. The fourth-order valence-electron chi connectivity index (χ4n) is 1.58. The van der Waals surface area contributed by atoms with Crippen LogP contribution in [0.15, 0.2) is 23.2 Å². The lowest BCUT2D eigenvalue weighted by Gasteiger charge is -2.20. The molecule has 6 nitrogen and oxygen atoms in total. The first-order chi connectivity index (χ1) is 9.41. The van der Waals surface area contributed by atoms with E-state index in [1.165, 1.54) is 18.3 Å². The number of halogens is 1. The summed E-state index contributed by atoms with van der Waals surface area (Å²) in [7, 11) is -3.79. The molecule has 0 saturated heterocycles. The van der Waals surface area contributed by atoms with Crippen molar-refractivity contribution >= 4 is 27.6 Å². The lowest BCUT2D eigenvalue weighted by molar-refractivity contribution is -0.143. The van der Waals surface area contributed by atoms with Gasteiger partial charge in [0.15, 0.2) is 0 Å². The first kappa shape index (κ1) is 16.9. The maximum atomic E-state index is 12.4. The first-order valence-electron chi connectivity index (χ1n) is 6.19. The Kier molecular flexibility index (Phi) is 6.38. The van der Waals surface area contributed by atoms with E-state index >= 15 is 0 Å². The highest BCUT2D eigenvalue weighted by atomic mass is 35.5. The van der Waals surface area contributed by atoms with Gasteiger partial charge in [-0.2, -0.15) is 4.31 Å². The highest BCUT2D eigenvalue weighted by Crippen LogP contribution is 2.18. The number of pyridine rings is 1. The van der Waals surface area contributed by atoms with E-state index < -0.39 is 16.0 Å². The molecule has 1 aromatic heterocycles. The van der Waals surface area contributed by atoms with Gasteiger partial charge < -0.3 is 4.74 Å². The van der Waals surface area contributed by atoms with Crippen molar-refractivity contribution in [2.75, 3.05) is 19.7 Å². The van der Waals surface area contributed by atoms with E-state index in [2.05, 4.69) is 4.98 Å². The lowest BCUT2D eigenvalue weighted by Crippen LogP contribution is -2.37. The van der Waals surface area contributed by atoms with Gasteiger partial charge in [0.1, 0.15) is 11.7 Å². The Balaban J connectivity index is 3.03. The van der Waals surface area contributed by atoms with E-state index in [9.17, 15) is 13.2 Å². The minimum atomic E-state index is -3.79. The van der Waals surface area contributed by atoms with Crippen LogP contribution in [0.1, 0.15) is 20.3 Å². The van der Waals surface area contributed by atoms with Crippen molar-refractivity contribution in [3.63, 3.8) is 0 Å². The summed E-state index contributed by atoms with van der Waals surface area (Å²) >= 11 is 5.70. The van der Waals surface area contributed by atoms with Gasteiger partial charge in [-0.25, -0.2) is 13.4 Å². The molecule has 0 radical (unpaired) electrons. The molecule has 0 spiro atoms. The molecule has 0 unspecified atom stereocenters.